The molecule has 1 saturated heterocycles. The molecule has 1 aliphatic rings. The monoisotopic (exact) mass is 759 g/mol. The highest BCUT2D eigenvalue weighted by molar-refractivity contribution is 7.99. The Labute approximate surface area is 330 Å². The Bertz CT molecular complexity index is 2300. The Hall–Kier alpha value is -5.84. The Morgan fingerprint density at radius 1 is 0.750 bits per heavy atom. The summed E-state index contributed by atoms with van der Waals surface area (Å²) in [6.45, 7) is 2.50. The van der Waals surface area contributed by atoms with Gasteiger partial charge in [-0.3, -0.25) is 9.78 Å². The van der Waals surface area contributed by atoms with Gasteiger partial charge in [-0.15, -0.1) is 0 Å². The molecular formula is C47H41N3O5S. The van der Waals surface area contributed by atoms with E-state index in [0.717, 1.165) is 56.0 Å². The molecule has 4 atom stereocenters. The molecule has 0 spiro atoms. The largest absolute Gasteiger partial charge is 0.431 e. The van der Waals surface area contributed by atoms with Gasteiger partial charge in [0.05, 0.1) is 24.4 Å². The molecule has 1 aliphatic heterocycles. The maximum atomic E-state index is 12.8. The first kappa shape index (κ1) is 37.1. The van der Waals surface area contributed by atoms with Crippen LogP contribution in [0.1, 0.15) is 51.9 Å². The van der Waals surface area contributed by atoms with Crippen LogP contribution in [0.2, 0.25) is 0 Å². The van der Waals surface area contributed by atoms with Gasteiger partial charge in [0.2, 0.25) is 0 Å². The summed E-state index contributed by atoms with van der Waals surface area (Å²) in [4.78, 5) is 21.8. The van der Waals surface area contributed by atoms with E-state index in [4.69, 9.17) is 18.9 Å². The van der Waals surface area contributed by atoms with E-state index in [-0.39, 0.29) is 30.6 Å². The lowest BCUT2D eigenvalue weighted by molar-refractivity contribution is -0.268. The molecule has 9 heteroatoms. The zero-order valence-corrected chi connectivity index (χ0v) is 31.6. The first-order chi connectivity index (χ1) is 27.5. The van der Waals surface area contributed by atoms with Crippen LogP contribution in [0.25, 0.3) is 33.7 Å². The summed E-state index contributed by atoms with van der Waals surface area (Å²) in [7, 11) is 0. The Morgan fingerprint density at radius 3 is 2.16 bits per heavy atom. The average molecular weight is 760 g/mol. The predicted molar refractivity (Wildman–Crippen MR) is 218 cm³/mol. The van der Waals surface area contributed by atoms with Gasteiger partial charge in [-0.25, -0.2) is 4.98 Å². The van der Waals surface area contributed by atoms with E-state index in [1.165, 1.54) is 11.8 Å². The van der Waals surface area contributed by atoms with Gasteiger partial charge in [0.25, 0.3) is 11.1 Å². The number of aliphatic hydroxyl groups excluding tert-OH is 1. The van der Waals surface area contributed by atoms with Gasteiger partial charge in [-0.1, -0.05) is 152 Å². The zero-order chi connectivity index (χ0) is 38.3. The molecular weight excluding hydrogens is 719 g/mol. The molecule has 280 valence electrons. The lowest BCUT2D eigenvalue weighted by Crippen LogP contribution is -2.38. The van der Waals surface area contributed by atoms with Gasteiger partial charge >= 0.3 is 0 Å². The third-order valence-corrected chi connectivity index (χ3v) is 11.0. The summed E-state index contributed by atoms with van der Waals surface area (Å²) < 4.78 is 20.0. The normalized spacial score (nSPS) is 18.0. The van der Waals surface area contributed by atoms with Gasteiger partial charge in [0.1, 0.15) is 5.69 Å². The summed E-state index contributed by atoms with van der Waals surface area (Å²) in [5.41, 5.74) is 9.07. The van der Waals surface area contributed by atoms with Crippen molar-refractivity contribution in [2.75, 3.05) is 5.75 Å². The van der Waals surface area contributed by atoms with E-state index in [1.807, 2.05) is 115 Å². The minimum Gasteiger partial charge on any atom is -0.431 e. The number of pyridine rings is 1. The van der Waals surface area contributed by atoms with Crippen LogP contribution in [-0.4, -0.2) is 32.8 Å². The summed E-state index contributed by atoms with van der Waals surface area (Å²) in [6.07, 6.45) is 2.10. The molecule has 0 unspecified atom stereocenters. The van der Waals surface area contributed by atoms with Crippen molar-refractivity contribution in [1.29, 1.82) is 0 Å². The molecule has 8 rings (SSSR count). The smallest absolute Gasteiger partial charge is 0.256 e. The number of amides is 1. The highest BCUT2D eigenvalue weighted by atomic mass is 32.2. The second kappa shape index (κ2) is 17.3. The lowest BCUT2D eigenvalue weighted by Gasteiger charge is -2.41. The van der Waals surface area contributed by atoms with Crippen LogP contribution in [0.15, 0.2) is 168 Å². The van der Waals surface area contributed by atoms with Crippen molar-refractivity contribution in [2.24, 2.45) is 5.92 Å². The molecule has 2 aromatic heterocycles. The highest BCUT2D eigenvalue weighted by Crippen LogP contribution is 2.44. The zero-order valence-electron chi connectivity index (χ0n) is 30.8. The molecule has 1 fully saturated rings. The second-order valence-electron chi connectivity index (χ2n) is 13.7. The molecule has 5 aromatic carbocycles. The van der Waals surface area contributed by atoms with Gasteiger partial charge in [-0.2, -0.15) is 0 Å². The van der Waals surface area contributed by atoms with Crippen LogP contribution in [0, 0.1) is 5.92 Å². The number of benzene rings is 5. The van der Waals surface area contributed by atoms with Crippen LogP contribution in [0.4, 0.5) is 0 Å². The standard InChI is InChI=1S/C47H41N3O5S/c1-31-41(30-56-47-50-42(34-11-4-2-5-12-34)44(55-47)35-13-6-3-7-14-35)53-46(54-43(31)36-20-18-32(29-51)19-21-36)37-24-22-33(23-25-37)40-17-9-8-15-38(40)28-49-45(52)39-16-10-26-48-27-39/h2-27,31,41,43,46,51H,28-30H2,1H3,(H,49,52)/t31-,41+,43+,46+/m1/s1. The number of nitrogens with zero attached hydrogens (tertiary/aromatic N) is 2. The number of rotatable bonds is 12. The van der Waals surface area contributed by atoms with E-state index in [0.29, 0.717) is 23.1 Å². The van der Waals surface area contributed by atoms with E-state index in [9.17, 15) is 9.90 Å². The highest BCUT2D eigenvalue weighted by Gasteiger charge is 2.39. The summed E-state index contributed by atoms with van der Waals surface area (Å²) in [5.74, 6) is 1.14. The molecule has 7 aromatic rings. The van der Waals surface area contributed by atoms with Crippen LogP contribution in [0.5, 0.6) is 0 Å². The number of oxazole rings is 1. The van der Waals surface area contributed by atoms with Crippen LogP contribution >= 0.6 is 11.8 Å². The van der Waals surface area contributed by atoms with E-state index in [1.54, 1.807) is 24.5 Å². The lowest BCUT2D eigenvalue weighted by atomic mass is 9.91. The molecule has 56 heavy (non-hydrogen) atoms. The Morgan fingerprint density at radius 2 is 1.45 bits per heavy atom. The van der Waals surface area contributed by atoms with Crippen molar-refractivity contribution in [1.82, 2.24) is 15.3 Å². The minimum absolute atomic E-state index is 0.0103. The van der Waals surface area contributed by atoms with E-state index < -0.39 is 6.29 Å². The molecule has 1 amide bonds. The van der Waals surface area contributed by atoms with Crippen LogP contribution in [-0.2, 0) is 22.6 Å². The fraction of sp³-hybridized carbons (Fsp3) is 0.170. The molecule has 2 N–H and O–H groups in total. The van der Waals surface area contributed by atoms with Crippen molar-refractivity contribution in [3.63, 3.8) is 0 Å². The first-order valence-electron chi connectivity index (χ1n) is 18.7. The maximum absolute atomic E-state index is 12.8. The van der Waals surface area contributed by atoms with Crippen molar-refractivity contribution in [2.45, 2.75) is 43.8 Å². The van der Waals surface area contributed by atoms with Crippen molar-refractivity contribution in [3.8, 4) is 33.7 Å². The van der Waals surface area contributed by atoms with E-state index in [2.05, 4.69) is 35.4 Å². The fourth-order valence-electron chi connectivity index (χ4n) is 6.95. The molecule has 8 nitrogen and oxygen atoms in total. The third-order valence-electron chi connectivity index (χ3n) is 10.1. The minimum atomic E-state index is -0.633. The molecule has 0 radical (unpaired) electrons. The van der Waals surface area contributed by atoms with Crippen molar-refractivity contribution < 1.29 is 23.8 Å². The number of carbonyl (C=O) groups is 1. The number of carbonyl (C=O) groups excluding carboxylic acids is 1. The summed E-state index contributed by atoms with van der Waals surface area (Å²) in [6, 6.07) is 47.9. The number of aliphatic hydroxyl groups is 1. The van der Waals surface area contributed by atoms with Gasteiger partial charge in [0.15, 0.2) is 12.1 Å². The number of ether oxygens (including phenoxy) is 2. The number of nitrogens with one attached hydrogen (secondary N) is 1. The number of aromatic nitrogens is 2. The Balaban J connectivity index is 1.04. The quantitative estimate of drug-likeness (QED) is 0.119. The molecule has 0 bridgehead atoms. The average Bonchev–Trinajstić information content (AvgIpc) is 3.71. The number of thioether (sulfide) groups is 1. The molecule has 0 saturated carbocycles. The van der Waals surface area contributed by atoms with Gasteiger partial charge in [0, 0.05) is 47.3 Å². The van der Waals surface area contributed by atoms with Crippen LogP contribution < -0.4 is 5.32 Å². The summed E-state index contributed by atoms with van der Waals surface area (Å²) >= 11 is 1.54. The predicted octanol–water partition coefficient (Wildman–Crippen LogP) is 10.1. The van der Waals surface area contributed by atoms with E-state index >= 15 is 0 Å². The second-order valence-corrected chi connectivity index (χ2v) is 14.7. The first-order valence-corrected chi connectivity index (χ1v) is 19.6. The maximum Gasteiger partial charge on any atom is 0.256 e. The third kappa shape index (κ3) is 8.36. The van der Waals surface area contributed by atoms with Crippen molar-refractivity contribution >= 4 is 17.7 Å². The summed E-state index contributed by atoms with van der Waals surface area (Å²) in [5, 5.41) is 13.3. The SMILES string of the molecule is C[C@@H]1[C@H](CSc2nc(-c3ccccc3)c(-c3ccccc3)o2)O[C@H](c2ccc(-c3ccccc3CNC(=O)c3cccnc3)cc2)O[C@@H]1c1ccc(CO)cc1. The van der Waals surface area contributed by atoms with Gasteiger partial charge in [-0.05, 0) is 39.9 Å². The molecule has 0 aliphatic carbocycles. The van der Waals surface area contributed by atoms with Crippen molar-refractivity contribution in [3.05, 3.63) is 186 Å². The number of hydrogen-bond acceptors (Lipinski definition) is 8. The number of hydrogen-bond donors (Lipinski definition) is 2. The Kier molecular flexibility index (Phi) is 11.5. The molecule has 3 heterocycles. The van der Waals surface area contributed by atoms with Gasteiger partial charge < -0.3 is 24.3 Å². The fourth-order valence-corrected chi connectivity index (χ4v) is 7.94. The topological polar surface area (TPSA) is 107 Å². The van der Waals surface area contributed by atoms with Crippen LogP contribution in [0.3, 0.4) is 0 Å².